The van der Waals surface area contributed by atoms with Crippen molar-refractivity contribution in [2.24, 2.45) is 0 Å². The van der Waals surface area contributed by atoms with Gasteiger partial charge in [-0.2, -0.15) is 0 Å². The average molecular weight is 1290 g/mol. The minimum absolute atomic E-state index is 0.556. The highest BCUT2D eigenvalue weighted by molar-refractivity contribution is 9.10. The van der Waals surface area contributed by atoms with E-state index in [1.165, 1.54) is 152 Å². The van der Waals surface area contributed by atoms with Crippen LogP contribution in [0, 0.1) is 0 Å². The molecule has 448 valence electrons. The molecular weight excluding hydrogens is 1230 g/mol. The van der Waals surface area contributed by atoms with Gasteiger partial charge >= 0.3 is 7.12 Å². The molecule has 0 aliphatic rings. The lowest BCUT2D eigenvalue weighted by atomic mass is 9.72. The fraction of sp³-hybridized carbons (Fsp3) is 0. The second-order valence-corrected chi connectivity index (χ2v) is 26.0. The molecule has 0 saturated carbocycles. The maximum atomic E-state index is 10.2. The molecule has 0 bridgehead atoms. The number of hydrogen-bond acceptors (Lipinski definition) is 2. The molecule has 0 atom stereocenters. The molecule has 0 fully saturated rings. The Labute approximate surface area is 563 Å². The Hall–Kier alpha value is -11.5. The molecule has 0 spiro atoms. The van der Waals surface area contributed by atoms with Crippen molar-refractivity contribution in [3.05, 3.63) is 344 Å². The molecule has 20 rings (SSSR count). The predicted molar refractivity (Wildman–Crippen MR) is 418 cm³/mol. The lowest BCUT2D eigenvalue weighted by Gasteiger charge is -2.21. The third-order valence-corrected chi connectivity index (χ3v) is 20.6. The Morgan fingerprint density at radius 2 is 0.427 bits per heavy atom. The first-order valence-electron chi connectivity index (χ1n) is 32.8. The van der Waals surface area contributed by atoms with Gasteiger partial charge in [0.15, 0.2) is 0 Å². The van der Waals surface area contributed by atoms with Crippen LogP contribution in [0.5, 0.6) is 0 Å². The van der Waals surface area contributed by atoms with E-state index in [0.29, 0.717) is 5.46 Å². The van der Waals surface area contributed by atoms with E-state index in [9.17, 15) is 10.0 Å². The van der Waals surface area contributed by atoms with Gasteiger partial charge in [-0.05, 0) is 214 Å². The molecule has 0 amide bonds. The van der Waals surface area contributed by atoms with Crippen LogP contribution in [-0.4, -0.2) is 17.2 Å². The molecule has 2 nitrogen and oxygen atoms in total. The number of halogens is 1. The summed E-state index contributed by atoms with van der Waals surface area (Å²) in [6.45, 7) is 0. The Morgan fingerprint density at radius 3 is 0.812 bits per heavy atom. The summed E-state index contributed by atoms with van der Waals surface area (Å²) in [5, 5.41) is 54.9. The van der Waals surface area contributed by atoms with Crippen molar-refractivity contribution < 1.29 is 10.0 Å². The van der Waals surface area contributed by atoms with Crippen molar-refractivity contribution >= 4 is 179 Å². The largest absolute Gasteiger partial charge is 0.489 e. The first-order chi connectivity index (χ1) is 47.4. The molecular formula is C92H58BBrO2. The Morgan fingerprint density at radius 1 is 0.188 bits per heavy atom. The van der Waals surface area contributed by atoms with E-state index >= 15 is 0 Å². The predicted octanol–water partition coefficient (Wildman–Crippen LogP) is 24.6. The maximum Gasteiger partial charge on any atom is 0.489 e. The van der Waals surface area contributed by atoms with Crippen LogP contribution >= 0.6 is 15.9 Å². The molecule has 0 aliphatic heterocycles. The number of hydrogen-bond donors (Lipinski definition) is 2. The highest BCUT2D eigenvalue weighted by Crippen LogP contribution is 2.50. The standard InChI is InChI=1S/C46H28.C28H19BO2.C18H11Br/c1-4-16-33-29(13-1)25-26-31-28-43(36-19-7-8-20-37(36)44(31)33)46-40-23-11-9-21-38(40)45(39-22-10-12-24-41(39)46)42-27-30-14-2-3-15-32(30)34-17-5-6-18-35(34)42;30-29(31)28-24-15-7-5-13-22(24)27(23-14-6-8-16-25(23)28)26-17-18-9-1-2-10-19(18)20-11-3-4-12-21(20)26;19-17-11-13-10-9-12-5-1-2-6-14(12)18(13)16-8-4-3-7-15(16)17/h1-28H;1-17,30-31H;1-11H. The van der Waals surface area contributed by atoms with Crippen LogP contribution in [-0.2, 0) is 0 Å². The quantitative estimate of drug-likeness (QED) is 0.105. The molecule has 20 aromatic carbocycles. The summed E-state index contributed by atoms with van der Waals surface area (Å²) < 4.78 is 1.16. The molecule has 2 N–H and O–H groups in total. The van der Waals surface area contributed by atoms with Crippen molar-refractivity contribution in [3.8, 4) is 33.4 Å². The van der Waals surface area contributed by atoms with E-state index in [1.807, 2.05) is 36.4 Å². The Balaban J connectivity index is 0.000000115. The Bertz CT molecular complexity index is 6480. The van der Waals surface area contributed by atoms with Gasteiger partial charge in [-0.1, -0.05) is 331 Å². The SMILES string of the molecule is Brc1cc2ccc3ccccc3c2c2ccccc12.OB(O)c1c2ccccc2c(-c2cc3ccccc3c3ccccc23)c2ccccc12.c1ccc2c(c1)cc(-c1c3ccccc3c(-c3cc4ccc5ccccc5c4c4ccccc34)c3ccccc13)c1ccccc12. The molecule has 0 heterocycles. The van der Waals surface area contributed by atoms with Crippen LogP contribution < -0.4 is 5.46 Å². The van der Waals surface area contributed by atoms with Crippen molar-refractivity contribution in [3.63, 3.8) is 0 Å². The summed E-state index contributed by atoms with van der Waals surface area (Å²) in [6, 6.07) is 122. The summed E-state index contributed by atoms with van der Waals surface area (Å²) in [5.41, 5.74) is 7.99. The van der Waals surface area contributed by atoms with Crippen LogP contribution in [0.1, 0.15) is 0 Å². The van der Waals surface area contributed by atoms with Gasteiger partial charge in [0.2, 0.25) is 0 Å². The van der Waals surface area contributed by atoms with Gasteiger partial charge in [0.1, 0.15) is 0 Å². The van der Waals surface area contributed by atoms with Crippen LogP contribution in [0.25, 0.3) is 184 Å². The smallest absolute Gasteiger partial charge is 0.423 e. The topological polar surface area (TPSA) is 40.5 Å². The molecule has 0 aliphatic carbocycles. The van der Waals surface area contributed by atoms with Crippen molar-refractivity contribution in [1.29, 1.82) is 0 Å². The van der Waals surface area contributed by atoms with Crippen LogP contribution in [0.15, 0.2) is 344 Å². The zero-order valence-electron chi connectivity index (χ0n) is 52.2. The number of fused-ring (bicyclic) bond motifs is 20. The summed E-state index contributed by atoms with van der Waals surface area (Å²) in [7, 11) is -1.54. The second-order valence-electron chi connectivity index (χ2n) is 25.1. The number of rotatable bonds is 4. The molecule has 96 heavy (non-hydrogen) atoms. The lowest BCUT2D eigenvalue weighted by molar-refractivity contribution is 0.426. The average Bonchev–Trinajstić information content (AvgIpc) is 0.730. The fourth-order valence-electron chi connectivity index (χ4n) is 15.9. The van der Waals surface area contributed by atoms with Crippen LogP contribution in [0.3, 0.4) is 0 Å². The van der Waals surface area contributed by atoms with Crippen molar-refractivity contribution in [2.75, 3.05) is 0 Å². The second kappa shape index (κ2) is 23.5. The van der Waals surface area contributed by atoms with Gasteiger partial charge < -0.3 is 10.0 Å². The van der Waals surface area contributed by atoms with Crippen LogP contribution in [0.4, 0.5) is 0 Å². The summed E-state index contributed by atoms with van der Waals surface area (Å²) in [4.78, 5) is 0. The third kappa shape index (κ3) is 9.32. The summed E-state index contributed by atoms with van der Waals surface area (Å²) in [5.74, 6) is 0. The molecule has 0 saturated heterocycles. The fourth-order valence-corrected chi connectivity index (χ4v) is 16.5. The van der Waals surface area contributed by atoms with E-state index in [-0.39, 0.29) is 0 Å². The minimum atomic E-state index is -1.54. The van der Waals surface area contributed by atoms with E-state index in [4.69, 9.17) is 0 Å². The van der Waals surface area contributed by atoms with Gasteiger partial charge in [-0.15, -0.1) is 0 Å². The maximum absolute atomic E-state index is 10.2. The molecule has 4 heteroatoms. The zero-order chi connectivity index (χ0) is 64.0. The van der Waals surface area contributed by atoms with E-state index in [0.717, 1.165) is 37.1 Å². The number of benzene rings is 20. The van der Waals surface area contributed by atoms with E-state index in [1.54, 1.807) is 0 Å². The normalized spacial score (nSPS) is 11.7. The van der Waals surface area contributed by atoms with Gasteiger partial charge in [-0.25, -0.2) is 0 Å². The highest BCUT2D eigenvalue weighted by atomic mass is 79.9. The first-order valence-corrected chi connectivity index (χ1v) is 33.6. The highest BCUT2D eigenvalue weighted by Gasteiger charge is 2.25. The van der Waals surface area contributed by atoms with Crippen molar-refractivity contribution in [1.82, 2.24) is 0 Å². The van der Waals surface area contributed by atoms with Gasteiger partial charge in [0.25, 0.3) is 0 Å². The monoisotopic (exact) mass is 1280 g/mol. The molecule has 0 aromatic heterocycles. The van der Waals surface area contributed by atoms with Crippen LogP contribution in [0.2, 0.25) is 0 Å². The summed E-state index contributed by atoms with van der Waals surface area (Å²) >= 11 is 3.68. The molecule has 0 radical (unpaired) electrons. The minimum Gasteiger partial charge on any atom is -0.423 e. The van der Waals surface area contributed by atoms with E-state index < -0.39 is 7.12 Å². The molecule has 0 unspecified atom stereocenters. The van der Waals surface area contributed by atoms with Gasteiger partial charge in [0, 0.05) is 4.47 Å². The summed E-state index contributed by atoms with van der Waals surface area (Å²) in [6.07, 6.45) is 0. The van der Waals surface area contributed by atoms with Crippen molar-refractivity contribution in [2.45, 2.75) is 0 Å². The molecule has 20 aromatic rings. The lowest BCUT2D eigenvalue weighted by Crippen LogP contribution is -2.31. The Kier molecular flexibility index (Phi) is 14.0. The first kappa shape index (κ1) is 57.2. The van der Waals surface area contributed by atoms with Gasteiger partial charge in [-0.3, -0.25) is 0 Å². The zero-order valence-corrected chi connectivity index (χ0v) is 53.8. The van der Waals surface area contributed by atoms with Gasteiger partial charge in [0.05, 0.1) is 0 Å². The van der Waals surface area contributed by atoms with E-state index in [2.05, 4.69) is 319 Å². The third-order valence-electron chi connectivity index (χ3n) is 20.0.